The monoisotopic (exact) mass is 726 g/mol. The Bertz CT molecular complexity index is 539. The normalized spacial score (nSPS) is 18.7. The molecule has 0 fully saturated rings. The molecule has 0 spiro atoms. The highest BCUT2D eigenvalue weighted by Crippen LogP contribution is 2.42. The molecule has 27 heavy (non-hydrogen) atoms. The Balaban J connectivity index is 3.83. The maximum Gasteiger partial charge on any atom is 0.109 e. The summed E-state index contributed by atoms with van der Waals surface area (Å²) in [6, 6.07) is 0. The molecule has 6 unspecified atom stereocenters. The maximum absolute atomic E-state index is 10.4. The first-order valence-electron chi connectivity index (χ1n) is 7.66. The van der Waals surface area contributed by atoms with Gasteiger partial charge in [0.1, 0.15) is 36.6 Å². The minimum Gasteiger partial charge on any atom is -0.394 e. The molecule has 0 aromatic heterocycles. The lowest BCUT2D eigenvalue weighted by atomic mass is 9.92. The largest absolute Gasteiger partial charge is 0.394 e. The van der Waals surface area contributed by atoms with Crippen molar-refractivity contribution >= 4 is 67.8 Å². The van der Waals surface area contributed by atoms with Gasteiger partial charge in [-0.15, -0.1) is 0 Å². The van der Waals surface area contributed by atoms with Crippen LogP contribution in [0.5, 0.6) is 0 Å². The summed E-state index contributed by atoms with van der Waals surface area (Å²) in [4.78, 5) is 0. The van der Waals surface area contributed by atoms with Crippen LogP contribution in [0.25, 0.3) is 0 Å². The molecule has 0 heterocycles. The van der Waals surface area contributed by atoms with E-state index in [2.05, 4.69) is 0 Å². The summed E-state index contributed by atoms with van der Waals surface area (Å²) in [7, 11) is 0. The summed E-state index contributed by atoms with van der Waals surface area (Å²) in [5.74, 6) is 0. The van der Waals surface area contributed by atoms with E-state index < -0.39 is 56.4 Å². The van der Waals surface area contributed by atoms with Crippen molar-refractivity contribution in [3.05, 3.63) is 27.4 Å². The summed E-state index contributed by atoms with van der Waals surface area (Å²) >= 11 is 5.34. The van der Waals surface area contributed by atoms with E-state index in [4.69, 9.17) is 15.3 Å². The van der Waals surface area contributed by atoms with E-state index >= 15 is 0 Å². The summed E-state index contributed by atoms with van der Waals surface area (Å²) in [6.07, 6.45) is -9.48. The van der Waals surface area contributed by atoms with Crippen LogP contribution in [0, 0.1) is 10.7 Å². The van der Waals surface area contributed by atoms with Crippen LogP contribution in [0.1, 0.15) is 35.0 Å². The zero-order valence-electron chi connectivity index (χ0n) is 13.7. The second kappa shape index (κ2) is 11.4. The predicted molar refractivity (Wildman–Crippen MR) is 119 cm³/mol. The Kier molecular flexibility index (Phi) is 11.1. The van der Waals surface area contributed by atoms with Crippen molar-refractivity contribution in [2.24, 2.45) is 0 Å². The van der Waals surface area contributed by atoms with Gasteiger partial charge in [-0.3, -0.25) is 0 Å². The third kappa shape index (κ3) is 5.60. The molecule has 0 saturated heterocycles. The molecule has 9 nitrogen and oxygen atoms in total. The summed E-state index contributed by atoms with van der Waals surface area (Å²) in [6.45, 7) is -2.27. The van der Waals surface area contributed by atoms with Crippen LogP contribution < -0.4 is 0 Å². The molecule has 0 bridgehead atoms. The molecule has 12 heteroatoms. The van der Waals surface area contributed by atoms with E-state index in [1.165, 1.54) is 0 Å². The van der Waals surface area contributed by atoms with Crippen LogP contribution in [0.2, 0.25) is 0 Å². The standard InChI is InChI=1S/C15H21I3O9/c16-10-7(13(25)4(22)1-19)11(17)9(15(27)6(24)3-21)12(18)8(10)14(26)5(23)2-20/h4-6,13-15,19-27H,1-3H2. The van der Waals surface area contributed by atoms with Gasteiger partial charge in [0.25, 0.3) is 0 Å². The Morgan fingerprint density at radius 1 is 0.481 bits per heavy atom. The molecule has 6 atom stereocenters. The summed E-state index contributed by atoms with van der Waals surface area (Å²) in [5.41, 5.74) is 0.199. The van der Waals surface area contributed by atoms with E-state index in [0.29, 0.717) is 0 Å². The van der Waals surface area contributed by atoms with Crippen molar-refractivity contribution in [2.75, 3.05) is 19.8 Å². The first kappa shape index (κ1) is 26.1. The van der Waals surface area contributed by atoms with Crippen molar-refractivity contribution < 1.29 is 46.0 Å². The lowest BCUT2D eigenvalue weighted by molar-refractivity contribution is -0.0237. The quantitative estimate of drug-likeness (QED) is 0.139. The first-order valence-corrected chi connectivity index (χ1v) is 10.9. The number of hydrogen-bond donors (Lipinski definition) is 9. The molecular formula is C15H21I3O9. The van der Waals surface area contributed by atoms with Gasteiger partial charge in [0.15, 0.2) is 0 Å². The van der Waals surface area contributed by atoms with Gasteiger partial charge in [0.05, 0.1) is 19.8 Å². The van der Waals surface area contributed by atoms with Crippen molar-refractivity contribution in [1.82, 2.24) is 0 Å². The number of aliphatic hydroxyl groups is 9. The molecule has 156 valence electrons. The van der Waals surface area contributed by atoms with E-state index in [1.807, 2.05) is 0 Å². The number of rotatable bonds is 9. The number of aliphatic hydroxyl groups excluding tert-OH is 9. The molecular weight excluding hydrogens is 705 g/mol. The van der Waals surface area contributed by atoms with Crippen molar-refractivity contribution in [3.8, 4) is 0 Å². The molecule has 0 amide bonds. The van der Waals surface area contributed by atoms with Crippen LogP contribution in [-0.2, 0) is 0 Å². The Hall–Kier alpha value is 1.05. The van der Waals surface area contributed by atoms with E-state index in [1.54, 1.807) is 67.8 Å². The highest BCUT2D eigenvalue weighted by molar-refractivity contribution is 14.1. The van der Waals surface area contributed by atoms with Gasteiger partial charge < -0.3 is 46.0 Å². The average molecular weight is 726 g/mol. The van der Waals surface area contributed by atoms with E-state index in [-0.39, 0.29) is 27.4 Å². The highest BCUT2D eigenvalue weighted by Gasteiger charge is 2.35. The van der Waals surface area contributed by atoms with Gasteiger partial charge in [-0.25, -0.2) is 0 Å². The SMILES string of the molecule is OCC(O)C(O)c1c(I)c(C(O)C(O)CO)c(I)c(C(O)C(O)CO)c1I. The van der Waals surface area contributed by atoms with E-state index in [0.717, 1.165) is 0 Å². The minimum atomic E-state index is -1.60. The summed E-state index contributed by atoms with van der Waals surface area (Å²) < 4.78 is 0.738. The van der Waals surface area contributed by atoms with Gasteiger partial charge in [-0.05, 0) is 67.8 Å². The van der Waals surface area contributed by atoms with Crippen molar-refractivity contribution in [1.29, 1.82) is 0 Å². The molecule has 0 aliphatic rings. The first-order chi connectivity index (χ1) is 12.5. The van der Waals surface area contributed by atoms with Crippen LogP contribution >= 0.6 is 67.8 Å². The molecule has 1 aromatic carbocycles. The fraction of sp³-hybridized carbons (Fsp3) is 0.600. The number of halogens is 3. The number of benzene rings is 1. The predicted octanol–water partition coefficient (Wildman–Crippen LogP) is -1.34. The molecule has 0 radical (unpaired) electrons. The second-order valence-corrected chi connectivity index (χ2v) is 9.00. The van der Waals surface area contributed by atoms with Gasteiger partial charge in [0, 0.05) is 27.4 Å². The molecule has 0 aliphatic carbocycles. The van der Waals surface area contributed by atoms with Gasteiger partial charge in [-0.1, -0.05) is 0 Å². The maximum atomic E-state index is 10.4. The molecule has 0 aliphatic heterocycles. The van der Waals surface area contributed by atoms with Gasteiger partial charge in [0.2, 0.25) is 0 Å². The van der Waals surface area contributed by atoms with Crippen LogP contribution in [-0.4, -0.2) is 84.1 Å². The van der Waals surface area contributed by atoms with Crippen LogP contribution in [0.3, 0.4) is 0 Å². The minimum absolute atomic E-state index is 0.0662. The highest BCUT2D eigenvalue weighted by atomic mass is 127. The van der Waals surface area contributed by atoms with Crippen LogP contribution in [0.15, 0.2) is 0 Å². The lowest BCUT2D eigenvalue weighted by Crippen LogP contribution is -2.30. The Morgan fingerprint density at radius 3 is 0.815 bits per heavy atom. The Morgan fingerprint density at radius 2 is 0.667 bits per heavy atom. The zero-order valence-corrected chi connectivity index (χ0v) is 20.2. The molecule has 1 aromatic rings. The van der Waals surface area contributed by atoms with Gasteiger partial charge in [-0.2, -0.15) is 0 Å². The molecule has 0 saturated carbocycles. The Labute approximate surface area is 196 Å². The van der Waals surface area contributed by atoms with Gasteiger partial charge >= 0.3 is 0 Å². The zero-order chi connectivity index (χ0) is 21.0. The summed E-state index contributed by atoms with van der Waals surface area (Å²) in [5, 5.41) is 88.3. The number of hydrogen-bond acceptors (Lipinski definition) is 9. The lowest BCUT2D eigenvalue weighted by Gasteiger charge is -2.29. The third-order valence-electron chi connectivity index (χ3n) is 3.96. The smallest absolute Gasteiger partial charge is 0.109 e. The fourth-order valence-corrected chi connectivity index (χ4v) is 7.46. The topological polar surface area (TPSA) is 182 Å². The second-order valence-electron chi connectivity index (χ2n) is 5.77. The molecule has 1 rings (SSSR count). The third-order valence-corrected chi connectivity index (χ3v) is 7.45. The van der Waals surface area contributed by atoms with Crippen molar-refractivity contribution in [2.45, 2.75) is 36.6 Å². The fourth-order valence-electron chi connectivity index (χ4n) is 2.38. The van der Waals surface area contributed by atoms with Crippen molar-refractivity contribution in [3.63, 3.8) is 0 Å². The van der Waals surface area contributed by atoms with Crippen LogP contribution in [0.4, 0.5) is 0 Å². The van der Waals surface area contributed by atoms with E-state index in [9.17, 15) is 30.6 Å². The average Bonchev–Trinajstić information content (AvgIpc) is 2.65. The molecule has 9 N–H and O–H groups in total.